The zero-order valence-corrected chi connectivity index (χ0v) is 16.5. The predicted octanol–water partition coefficient (Wildman–Crippen LogP) is 0.647. The van der Waals surface area contributed by atoms with Crippen molar-refractivity contribution in [3.05, 3.63) is 59.0 Å². The monoisotopic (exact) mass is 430 g/mol. The van der Waals surface area contributed by atoms with E-state index in [1.807, 2.05) is 0 Å². The average molecular weight is 430 g/mol. The topological polar surface area (TPSA) is 139 Å². The highest BCUT2D eigenvalue weighted by Crippen LogP contribution is 2.28. The molecule has 0 aliphatic carbocycles. The van der Waals surface area contributed by atoms with Crippen molar-refractivity contribution in [2.45, 2.75) is 30.7 Å². The minimum Gasteiger partial charge on any atom is -0.497 e. The van der Waals surface area contributed by atoms with Crippen LogP contribution < -0.4 is 14.9 Å². The number of methoxy groups -OCH3 is 1. The lowest BCUT2D eigenvalue weighted by atomic mass is 9.99. The molecule has 4 rings (SSSR count). The van der Waals surface area contributed by atoms with Gasteiger partial charge in [-0.05, 0) is 29.8 Å². The van der Waals surface area contributed by atoms with Crippen LogP contribution in [0.15, 0.2) is 57.9 Å². The van der Waals surface area contributed by atoms with Gasteiger partial charge in [-0.25, -0.2) is 0 Å². The number of hydrogen-bond acceptors (Lipinski definition) is 9. The number of benzene rings is 2. The zero-order valence-electron chi connectivity index (χ0n) is 16.5. The van der Waals surface area contributed by atoms with E-state index in [1.165, 1.54) is 24.5 Å². The van der Waals surface area contributed by atoms with Crippen molar-refractivity contribution in [1.29, 1.82) is 0 Å². The first-order valence-corrected chi connectivity index (χ1v) is 9.60. The van der Waals surface area contributed by atoms with Crippen molar-refractivity contribution >= 4 is 11.0 Å². The van der Waals surface area contributed by atoms with Crippen molar-refractivity contribution in [2.75, 3.05) is 13.7 Å². The number of aliphatic hydroxyl groups is 4. The Balaban J connectivity index is 1.61. The quantitative estimate of drug-likeness (QED) is 0.459. The number of hydrogen-bond donors (Lipinski definition) is 4. The van der Waals surface area contributed by atoms with Crippen LogP contribution in [0.25, 0.3) is 22.1 Å². The molecule has 2 heterocycles. The van der Waals surface area contributed by atoms with Gasteiger partial charge in [-0.2, -0.15) is 0 Å². The lowest BCUT2D eigenvalue weighted by Crippen LogP contribution is -2.60. The van der Waals surface area contributed by atoms with E-state index in [4.69, 9.17) is 18.6 Å². The summed E-state index contributed by atoms with van der Waals surface area (Å²) in [5, 5.41) is 39.5. The first kappa shape index (κ1) is 21.3. The summed E-state index contributed by atoms with van der Waals surface area (Å²) in [4.78, 5) is 12.9. The van der Waals surface area contributed by atoms with Gasteiger partial charge in [0, 0.05) is 6.07 Å². The Labute approximate surface area is 176 Å². The Bertz CT molecular complexity index is 1110. The van der Waals surface area contributed by atoms with E-state index in [9.17, 15) is 25.2 Å². The van der Waals surface area contributed by atoms with E-state index in [0.29, 0.717) is 22.3 Å². The van der Waals surface area contributed by atoms with Gasteiger partial charge in [0.1, 0.15) is 47.8 Å². The minimum atomic E-state index is -1.55. The molecule has 0 spiro atoms. The molecule has 0 saturated carbocycles. The molecular formula is C22H22O9. The maximum atomic E-state index is 12.9. The maximum Gasteiger partial charge on any atom is 0.229 e. The summed E-state index contributed by atoms with van der Waals surface area (Å²) in [7, 11) is 1.56. The first-order valence-electron chi connectivity index (χ1n) is 9.60. The Kier molecular flexibility index (Phi) is 5.94. The molecule has 1 fully saturated rings. The van der Waals surface area contributed by atoms with Crippen LogP contribution in [-0.2, 0) is 4.74 Å². The highest BCUT2D eigenvalue weighted by atomic mass is 16.7. The molecule has 1 aromatic heterocycles. The van der Waals surface area contributed by atoms with E-state index in [-0.39, 0.29) is 16.8 Å². The SMILES string of the molecule is COc1ccc(-c2coc3cc(O[C@@H]4O[C@@H](CO)[C@@H](O)[C@@H](O)[C@@H]4O)ccc3c2=O)cc1. The maximum absolute atomic E-state index is 12.9. The molecule has 0 radical (unpaired) electrons. The van der Waals surface area contributed by atoms with Crippen LogP contribution in [-0.4, -0.2) is 64.8 Å². The van der Waals surface area contributed by atoms with E-state index in [2.05, 4.69) is 0 Å². The van der Waals surface area contributed by atoms with Gasteiger partial charge in [-0.1, -0.05) is 12.1 Å². The number of aliphatic hydroxyl groups excluding tert-OH is 4. The van der Waals surface area contributed by atoms with E-state index < -0.39 is 37.3 Å². The van der Waals surface area contributed by atoms with E-state index in [0.717, 1.165) is 0 Å². The van der Waals surface area contributed by atoms with Gasteiger partial charge in [-0.3, -0.25) is 4.79 Å². The summed E-state index contributed by atoms with van der Waals surface area (Å²) < 4.78 is 21.7. The summed E-state index contributed by atoms with van der Waals surface area (Å²) in [5.41, 5.74) is 1.09. The lowest BCUT2D eigenvalue weighted by Gasteiger charge is -2.39. The van der Waals surface area contributed by atoms with Gasteiger partial charge in [0.15, 0.2) is 5.43 Å². The predicted molar refractivity (Wildman–Crippen MR) is 109 cm³/mol. The van der Waals surface area contributed by atoms with Crippen LogP contribution in [0.2, 0.25) is 0 Å². The molecule has 9 nitrogen and oxygen atoms in total. The molecule has 5 atom stereocenters. The van der Waals surface area contributed by atoms with Crippen LogP contribution in [0.3, 0.4) is 0 Å². The van der Waals surface area contributed by atoms with Crippen molar-refractivity contribution in [2.24, 2.45) is 0 Å². The fourth-order valence-electron chi connectivity index (χ4n) is 3.45. The summed E-state index contributed by atoms with van der Waals surface area (Å²) in [6.07, 6.45) is -5.65. The molecule has 164 valence electrons. The summed E-state index contributed by atoms with van der Waals surface area (Å²) in [6, 6.07) is 11.5. The molecule has 4 N–H and O–H groups in total. The smallest absolute Gasteiger partial charge is 0.229 e. The lowest BCUT2D eigenvalue weighted by molar-refractivity contribution is -0.277. The van der Waals surface area contributed by atoms with Crippen LogP contribution in [0.5, 0.6) is 11.5 Å². The standard InChI is InChI=1S/C22H22O9/c1-28-12-4-2-11(3-5-12)15-10-29-16-8-13(6-7-14(16)18(15)24)30-22-21(27)20(26)19(25)17(9-23)31-22/h2-8,10,17,19-23,25-27H,9H2,1H3/t17-,19+,20+,21-,22+/m0/s1. The average Bonchev–Trinajstić information content (AvgIpc) is 2.80. The molecule has 9 heteroatoms. The third-order valence-corrected chi connectivity index (χ3v) is 5.25. The normalized spacial score (nSPS) is 26.0. The second-order valence-electron chi connectivity index (χ2n) is 7.18. The van der Waals surface area contributed by atoms with Gasteiger partial charge >= 0.3 is 0 Å². The fraction of sp³-hybridized carbons (Fsp3) is 0.318. The van der Waals surface area contributed by atoms with Crippen molar-refractivity contribution in [3.8, 4) is 22.6 Å². The Hall–Kier alpha value is -2.95. The molecule has 0 bridgehead atoms. The molecule has 2 aromatic carbocycles. The highest BCUT2D eigenvalue weighted by molar-refractivity contribution is 5.82. The Morgan fingerprint density at radius 3 is 2.35 bits per heavy atom. The van der Waals surface area contributed by atoms with E-state index >= 15 is 0 Å². The van der Waals surface area contributed by atoms with Crippen molar-refractivity contribution in [3.63, 3.8) is 0 Å². The number of ether oxygens (including phenoxy) is 3. The van der Waals surface area contributed by atoms with Crippen molar-refractivity contribution in [1.82, 2.24) is 0 Å². The Morgan fingerprint density at radius 2 is 1.68 bits per heavy atom. The van der Waals surface area contributed by atoms with Crippen LogP contribution >= 0.6 is 0 Å². The highest BCUT2D eigenvalue weighted by Gasteiger charge is 2.44. The van der Waals surface area contributed by atoms with E-state index in [1.54, 1.807) is 31.4 Å². The number of fused-ring (bicyclic) bond motifs is 1. The van der Waals surface area contributed by atoms with Crippen LogP contribution in [0, 0.1) is 0 Å². The van der Waals surface area contributed by atoms with Crippen LogP contribution in [0.1, 0.15) is 0 Å². The third kappa shape index (κ3) is 4.01. The van der Waals surface area contributed by atoms with Gasteiger partial charge in [0.25, 0.3) is 0 Å². The molecule has 1 saturated heterocycles. The molecule has 3 aromatic rings. The molecule has 0 unspecified atom stereocenters. The molecule has 31 heavy (non-hydrogen) atoms. The van der Waals surface area contributed by atoms with Gasteiger partial charge in [0.2, 0.25) is 6.29 Å². The van der Waals surface area contributed by atoms with Gasteiger partial charge in [-0.15, -0.1) is 0 Å². The molecule has 1 aliphatic rings. The molecular weight excluding hydrogens is 408 g/mol. The minimum absolute atomic E-state index is 0.206. The van der Waals surface area contributed by atoms with Crippen molar-refractivity contribution < 1.29 is 39.1 Å². The van der Waals surface area contributed by atoms with Gasteiger partial charge in [0.05, 0.1) is 24.7 Å². The molecule has 0 amide bonds. The fourth-order valence-corrected chi connectivity index (χ4v) is 3.45. The van der Waals surface area contributed by atoms with Gasteiger partial charge < -0.3 is 39.1 Å². The summed E-state index contributed by atoms with van der Waals surface area (Å²) in [5.74, 6) is 0.876. The molecule has 1 aliphatic heterocycles. The summed E-state index contributed by atoms with van der Waals surface area (Å²) in [6.45, 7) is -0.564. The number of rotatable bonds is 5. The second-order valence-corrected chi connectivity index (χ2v) is 7.18. The first-order chi connectivity index (χ1) is 14.9. The summed E-state index contributed by atoms with van der Waals surface area (Å²) >= 11 is 0. The largest absolute Gasteiger partial charge is 0.497 e. The Morgan fingerprint density at radius 1 is 0.968 bits per heavy atom. The zero-order chi connectivity index (χ0) is 22.1. The van der Waals surface area contributed by atoms with Crippen LogP contribution in [0.4, 0.5) is 0 Å². The third-order valence-electron chi connectivity index (χ3n) is 5.25. The second kappa shape index (κ2) is 8.66.